The first-order valence-electron chi connectivity index (χ1n) is 8.64. The van der Waals surface area contributed by atoms with Crippen molar-refractivity contribution >= 4 is 35.3 Å². The van der Waals surface area contributed by atoms with Gasteiger partial charge in [-0.05, 0) is 19.8 Å². The van der Waals surface area contributed by atoms with Crippen molar-refractivity contribution in [1.82, 2.24) is 20.4 Å². The van der Waals surface area contributed by atoms with Gasteiger partial charge in [-0.2, -0.15) is 0 Å². The maximum Gasteiger partial charge on any atom is 0.349 e. The van der Waals surface area contributed by atoms with Crippen LogP contribution >= 0.6 is 11.8 Å². The summed E-state index contributed by atoms with van der Waals surface area (Å²) in [5.41, 5.74) is 0.420. The summed E-state index contributed by atoms with van der Waals surface area (Å²) >= 11 is 1.12. The van der Waals surface area contributed by atoms with Crippen LogP contribution in [0.1, 0.15) is 25.7 Å². The summed E-state index contributed by atoms with van der Waals surface area (Å²) in [6, 6.07) is -0.579. The number of nitrogens with one attached hydrogen (secondary N) is 1. The Kier molecular flexibility index (Phi) is 6.22. The van der Waals surface area contributed by atoms with Gasteiger partial charge in [0.15, 0.2) is 0 Å². The first kappa shape index (κ1) is 19.5. The number of carbonyl (C=O) groups excluding carboxylic acids is 3. The quantitative estimate of drug-likeness (QED) is 0.667. The third-order valence-electron chi connectivity index (χ3n) is 4.40. The van der Waals surface area contributed by atoms with Crippen LogP contribution in [0.25, 0.3) is 0 Å². The van der Waals surface area contributed by atoms with Crippen LogP contribution in [-0.2, 0) is 20.7 Å². The fourth-order valence-corrected chi connectivity index (χ4v) is 3.42. The van der Waals surface area contributed by atoms with E-state index in [4.69, 9.17) is 9.15 Å². The van der Waals surface area contributed by atoms with E-state index in [9.17, 15) is 14.4 Å². The Labute approximate surface area is 160 Å². The molecule has 0 aliphatic carbocycles. The second kappa shape index (κ2) is 8.61. The Morgan fingerprint density at radius 3 is 2.93 bits per heavy atom. The van der Waals surface area contributed by atoms with Crippen LogP contribution in [0.5, 0.6) is 0 Å². The Morgan fingerprint density at radius 2 is 2.19 bits per heavy atom. The molecule has 2 aliphatic heterocycles. The second-order valence-electron chi connectivity index (χ2n) is 6.38. The van der Waals surface area contributed by atoms with Crippen molar-refractivity contribution in [2.24, 2.45) is 10.9 Å². The third kappa shape index (κ3) is 4.92. The van der Waals surface area contributed by atoms with E-state index < -0.39 is 11.9 Å². The molecule has 1 N–H and O–H groups in total. The minimum absolute atomic E-state index is 0.0944. The van der Waals surface area contributed by atoms with Crippen LogP contribution < -0.4 is 5.32 Å². The number of imide groups is 1. The van der Waals surface area contributed by atoms with E-state index in [1.165, 1.54) is 7.05 Å². The van der Waals surface area contributed by atoms with E-state index in [0.29, 0.717) is 12.3 Å². The van der Waals surface area contributed by atoms with Gasteiger partial charge in [0.25, 0.3) is 5.22 Å². The molecule has 0 aromatic carbocycles. The van der Waals surface area contributed by atoms with Gasteiger partial charge in [0.2, 0.25) is 17.7 Å². The fraction of sp³-hybridized carbons (Fsp3) is 0.625. The molecule has 0 spiro atoms. The van der Waals surface area contributed by atoms with Crippen LogP contribution in [0.4, 0.5) is 4.79 Å². The maximum absolute atomic E-state index is 12.2. The first-order chi connectivity index (χ1) is 12.9. The van der Waals surface area contributed by atoms with Gasteiger partial charge in [-0.15, -0.1) is 10.2 Å². The minimum atomic E-state index is -0.610. The topological polar surface area (TPSA) is 127 Å². The van der Waals surface area contributed by atoms with Crippen molar-refractivity contribution < 1.29 is 23.5 Å². The molecule has 1 fully saturated rings. The van der Waals surface area contributed by atoms with E-state index in [-0.39, 0.29) is 41.2 Å². The Hall–Kier alpha value is -2.27. The van der Waals surface area contributed by atoms with E-state index in [2.05, 4.69) is 20.5 Å². The van der Waals surface area contributed by atoms with Gasteiger partial charge in [0, 0.05) is 32.3 Å². The van der Waals surface area contributed by atoms with Crippen molar-refractivity contribution in [1.29, 1.82) is 0 Å². The average Bonchev–Trinajstić information content (AvgIpc) is 3.32. The number of aromatic nitrogens is 2. The molecule has 3 heterocycles. The third-order valence-corrected chi connectivity index (χ3v) is 5.22. The number of amides is 4. The van der Waals surface area contributed by atoms with E-state index >= 15 is 0 Å². The molecule has 11 heteroatoms. The minimum Gasteiger partial charge on any atom is -0.416 e. The number of ether oxygens (including phenoxy) is 1. The van der Waals surface area contributed by atoms with Gasteiger partial charge in [0.05, 0.1) is 17.8 Å². The highest BCUT2D eigenvalue weighted by atomic mass is 32.2. The lowest BCUT2D eigenvalue weighted by Crippen LogP contribution is -2.44. The molecule has 1 aromatic rings. The number of urea groups is 1. The van der Waals surface area contributed by atoms with Gasteiger partial charge in [0.1, 0.15) is 0 Å². The lowest BCUT2D eigenvalue weighted by molar-refractivity contribution is -0.129. The average molecular weight is 395 g/mol. The number of rotatable bonds is 7. The highest BCUT2D eigenvalue weighted by Gasteiger charge is 2.34. The zero-order valence-corrected chi connectivity index (χ0v) is 16.0. The molecule has 0 radical (unpaired) electrons. The van der Waals surface area contributed by atoms with Gasteiger partial charge >= 0.3 is 6.03 Å². The van der Waals surface area contributed by atoms with Crippen molar-refractivity contribution in [3.8, 4) is 0 Å². The van der Waals surface area contributed by atoms with Crippen molar-refractivity contribution in [3.63, 3.8) is 0 Å². The second-order valence-corrected chi connectivity index (χ2v) is 7.31. The Bertz CT molecular complexity index is 758. The summed E-state index contributed by atoms with van der Waals surface area (Å²) in [6.45, 7) is 2.87. The summed E-state index contributed by atoms with van der Waals surface area (Å²) in [7, 11) is 1.39. The summed E-state index contributed by atoms with van der Waals surface area (Å²) in [5, 5.41) is 10.9. The number of carbonyl (C=O) groups is 3. The summed E-state index contributed by atoms with van der Waals surface area (Å²) in [4.78, 5) is 40.4. The van der Waals surface area contributed by atoms with Crippen LogP contribution in [0.3, 0.4) is 0 Å². The number of nitrogens with zero attached hydrogens (tertiary/aromatic N) is 4. The van der Waals surface area contributed by atoms with Crippen molar-refractivity contribution in [2.75, 3.05) is 26.0 Å². The summed E-state index contributed by atoms with van der Waals surface area (Å²) in [5.74, 6) is -0.697. The summed E-state index contributed by atoms with van der Waals surface area (Å²) < 4.78 is 10.9. The molecule has 1 saturated heterocycles. The highest BCUT2D eigenvalue weighted by molar-refractivity contribution is 7.99. The highest BCUT2D eigenvalue weighted by Crippen LogP contribution is 2.21. The monoisotopic (exact) mass is 395 g/mol. The SMILES string of the molecule is CC1=NC(=O)N(C)C(=O)C1Cc1nnc(SCC(=O)NCC2CCCO2)o1. The van der Waals surface area contributed by atoms with Crippen LogP contribution in [0.15, 0.2) is 14.6 Å². The standard InChI is InChI=1S/C16H21N5O5S/c1-9-11(14(23)21(2)15(24)18-9)6-13-19-20-16(26-13)27-8-12(22)17-7-10-4-3-5-25-10/h10-11H,3-8H2,1-2H3,(H,17,22). The van der Waals surface area contributed by atoms with Gasteiger partial charge in [-0.25, -0.2) is 9.79 Å². The molecule has 0 bridgehead atoms. The van der Waals surface area contributed by atoms with E-state index in [0.717, 1.165) is 36.1 Å². The van der Waals surface area contributed by atoms with Gasteiger partial charge < -0.3 is 14.5 Å². The van der Waals surface area contributed by atoms with Gasteiger partial charge in [-0.1, -0.05) is 11.8 Å². The molecule has 2 unspecified atom stereocenters. The lowest BCUT2D eigenvalue weighted by Gasteiger charge is -2.24. The van der Waals surface area contributed by atoms with Crippen LogP contribution in [0, 0.1) is 5.92 Å². The van der Waals surface area contributed by atoms with Gasteiger partial charge in [-0.3, -0.25) is 14.5 Å². The molecule has 146 valence electrons. The molecule has 4 amide bonds. The molecule has 10 nitrogen and oxygen atoms in total. The smallest absolute Gasteiger partial charge is 0.349 e. The Balaban J connectivity index is 1.48. The molecular formula is C16H21N5O5S. The Morgan fingerprint density at radius 1 is 1.37 bits per heavy atom. The predicted molar refractivity (Wildman–Crippen MR) is 95.5 cm³/mol. The number of aliphatic imine (C=N–C) groups is 1. The zero-order chi connectivity index (χ0) is 19.4. The maximum atomic E-state index is 12.2. The van der Waals surface area contributed by atoms with Crippen LogP contribution in [-0.4, -0.2) is 70.7 Å². The molecule has 0 saturated carbocycles. The number of hydrogen-bond donors (Lipinski definition) is 1. The molecule has 2 atom stereocenters. The fourth-order valence-electron chi connectivity index (χ4n) is 2.81. The van der Waals surface area contributed by atoms with Crippen molar-refractivity contribution in [3.05, 3.63) is 5.89 Å². The molecule has 27 heavy (non-hydrogen) atoms. The predicted octanol–water partition coefficient (Wildman–Crippen LogP) is 0.668. The molecule has 2 aliphatic rings. The lowest BCUT2D eigenvalue weighted by atomic mass is 9.97. The molecule has 1 aromatic heterocycles. The summed E-state index contributed by atoms with van der Waals surface area (Å²) in [6.07, 6.45) is 2.24. The number of thioether (sulfide) groups is 1. The van der Waals surface area contributed by atoms with Crippen LogP contribution in [0.2, 0.25) is 0 Å². The van der Waals surface area contributed by atoms with Crippen molar-refractivity contribution in [2.45, 2.75) is 37.5 Å². The number of hydrogen-bond acceptors (Lipinski definition) is 8. The molecule has 3 rings (SSSR count). The van der Waals surface area contributed by atoms with E-state index in [1.54, 1.807) is 6.92 Å². The van der Waals surface area contributed by atoms with E-state index in [1.807, 2.05) is 0 Å². The first-order valence-corrected chi connectivity index (χ1v) is 9.63. The largest absolute Gasteiger partial charge is 0.416 e. The normalized spacial score (nSPS) is 22.9. The molecular weight excluding hydrogens is 374 g/mol. The zero-order valence-electron chi connectivity index (χ0n) is 15.1.